The van der Waals surface area contributed by atoms with E-state index < -0.39 is 0 Å². The van der Waals surface area contributed by atoms with E-state index in [0.717, 1.165) is 22.5 Å². The molecule has 0 bridgehead atoms. The number of aromatic nitrogens is 2. The Kier molecular flexibility index (Phi) is 4.91. The lowest BCUT2D eigenvalue weighted by molar-refractivity contribution is -0.116. The molecule has 0 aliphatic carbocycles. The topological polar surface area (TPSA) is 38.1 Å². The molecule has 1 amide bonds. The van der Waals surface area contributed by atoms with Crippen LogP contribution in [-0.4, -0.2) is 21.6 Å². The number of aryl methyl sites for hydroxylation is 3. The summed E-state index contributed by atoms with van der Waals surface area (Å²) in [5, 5.41) is 4.85. The molecule has 6 heteroatoms. The van der Waals surface area contributed by atoms with E-state index in [2.05, 4.69) is 5.10 Å². The summed E-state index contributed by atoms with van der Waals surface area (Å²) in [4.78, 5) is 13.9. The molecule has 0 saturated carbocycles. The first kappa shape index (κ1) is 15.9. The molecular formula is C15H17Cl2N3O. The zero-order valence-corrected chi connectivity index (χ0v) is 13.7. The Labute approximate surface area is 134 Å². The third-order valence-electron chi connectivity index (χ3n) is 3.44. The summed E-state index contributed by atoms with van der Waals surface area (Å²) in [5.74, 6) is -0.221. The molecule has 1 heterocycles. The minimum Gasteiger partial charge on any atom is -0.305 e. The van der Waals surface area contributed by atoms with Gasteiger partial charge in [-0.25, -0.2) is 0 Å². The molecule has 21 heavy (non-hydrogen) atoms. The van der Waals surface area contributed by atoms with E-state index >= 15 is 0 Å². The average molecular weight is 326 g/mol. The molecule has 0 aliphatic rings. The van der Waals surface area contributed by atoms with Gasteiger partial charge in [0.25, 0.3) is 0 Å². The number of halogens is 2. The number of amides is 1. The lowest BCUT2D eigenvalue weighted by atomic mass is 10.1. The summed E-state index contributed by atoms with van der Waals surface area (Å²) in [5.41, 5.74) is 3.76. The van der Waals surface area contributed by atoms with Crippen LogP contribution >= 0.6 is 23.2 Å². The molecule has 0 N–H and O–H groups in total. The van der Waals surface area contributed by atoms with E-state index in [9.17, 15) is 4.79 Å². The molecule has 0 unspecified atom stereocenters. The van der Waals surface area contributed by atoms with Gasteiger partial charge >= 0.3 is 0 Å². The summed E-state index contributed by atoms with van der Waals surface area (Å²) in [6.07, 6.45) is 1.79. The van der Waals surface area contributed by atoms with Crippen LogP contribution in [0.25, 0.3) is 0 Å². The molecule has 0 spiro atoms. The van der Waals surface area contributed by atoms with Crippen LogP contribution in [0.3, 0.4) is 0 Å². The highest BCUT2D eigenvalue weighted by molar-refractivity contribution is 6.31. The van der Waals surface area contributed by atoms with Gasteiger partial charge in [-0.2, -0.15) is 5.10 Å². The Bertz CT molecular complexity index is 647. The van der Waals surface area contributed by atoms with Crippen molar-refractivity contribution in [3.63, 3.8) is 0 Å². The van der Waals surface area contributed by atoms with Crippen molar-refractivity contribution < 1.29 is 4.79 Å². The Morgan fingerprint density at radius 3 is 2.57 bits per heavy atom. The monoisotopic (exact) mass is 325 g/mol. The molecule has 0 fully saturated rings. The highest BCUT2D eigenvalue weighted by Crippen LogP contribution is 2.26. The molecule has 2 rings (SSSR count). The Balaban J connectivity index is 2.42. The highest BCUT2D eigenvalue weighted by atomic mass is 35.5. The van der Waals surface area contributed by atoms with Crippen molar-refractivity contribution in [1.82, 2.24) is 9.78 Å². The Hall–Kier alpha value is -1.52. The minimum atomic E-state index is -0.150. The van der Waals surface area contributed by atoms with Gasteiger partial charge in [0.1, 0.15) is 5.88 Å². The summed E-state index contributed by atoms with van der Waals surface area (Å²) >= 11 is 11.7. The average Bonchev–Trinajstić information content (AvgIpc) is 2.76. The number of nitrogens with zero attached hydrogens (tertiary/aromatic N) is 3. The largest absolute Gasteiger partial charge is 0.305 e. The maximum atomic E-state index is 12.2. The number of carbonyl (C=O) groups is 1. The summed E-state index contributed by atoms with van der Waals surface area (Å²) < 4.78 is 1.77. The Morgan fingerprint density at radius 2 is 2.05 bits per heavy atom. The van der Waals surface area contributed by atoms with E-state index in [4.69, 9.17) is 23.2 Å². The number of carbonyl (C=O) groups excluding carboxylic acids is 1. The second kappa shape index (κ2) is 6.50. The van der Waals surface area contributed by atoms with Gasteiger partial charge in [-0.3, -0.25) is 9.48 Å². The van der Waals surface area contributed by atoms with E-state index in [-0.39, 0.29) is 11.8 Å². The van der Waals surface area contributed by atoms with Crippen molar-refractivity contribution in [2.75, 3.05) is 10.8 Å². The predicted molar refractivity (Wildman–Crippen MR) is 86.0 cm³/mol. The number of anilines is 1. The lowest BCUT2D eigenvalue weighted by Gasteiger charge is -2.24. The second-order valence-electron chi connectivity index (χ2n) is 4.94. The van der Waals surface area contributed by atoms with Crippen molar-refractivity contribution in [2.45, 2.75) is 20.4 Å². The van der Waals surface area contributed by atoms with Crippen LogP contribution in [0.5, 0.6) is 0 Å². The van der Waals surface area contributed by atoms with Crippen LogP contribution in [0.1, 0.15) is 16.8 Å². The van der Waals surface area contributed by atoms with Crippen molar-refractivity contribution >= 4 is 34.8 Å². The number of hydrogen-bond donors (Lipinski definition) is 0. The SMILES string of the molecule is Cc1cc(Cl)ccc1N(Cc1c(C)cnn1C)C(=O)CCl. The first-order valence-electron chi connectivity index (χ1n) is 6.54. The molecule has 0 radical (unpaired) electrons. The summed E-state index contributed by atoms with van der Waals surface area (Å²) in [7, 11) is 1.86. The highest BCUT2D eigenvalue weighted by Gasteiger charge is 2.19. The number of hydrogen-bond acceptors (Lipinski definition) is 2. The number of alkyl halides is 1. The maximum absolute atomic E-state index is 12.2. The van der Waals surface area contributed by atoms with Gasteiger partial charge in [0.2, 0.25) is 5.91 Å². The first-order chi connectivity index (χ1) is 9.93. The zero-order chi connectivity index (χ0) is 15.6. The molecule has 0 atom stereocenters. The fraction of sp³-hybridized carbons (Fsp3) is 0.333. The predicted octanol–water partition coefficient (Wildman–Crippen LogP) is 3.46. The van der Waals surface area contributed by atoms with Crippen molar-refractivity contribution in [3.8, 4) is 0 Å². The van der Waals surface area contributed by atoms with Gasteiger partial charge in [-0.05, 0) is 43.2 Å². The van der Waals surface area contributed by atoms with Crippen molar-refractivity contribution in [1.29, 1.82) is 0 Å². The van der Waals surface area contributed by atoms with Crippen LogP contribution < -0.4 is 4.90 Å². The molecule has 1 aromatic heterocycles. The first-order valence-corrected chi connectivity index (χ1v) is 7.45. The van der Waals surface area contributed by atoms with Gasteiger partial charge in [-0.1, -0.05) is 11.6 Å². The van der Waals surface area contributed by atoms with Crippen LogP contribution in [0.4, 0.5) is 5.69 Å². The minimum absolute atomic E-state index is 0.0705. The lowest BCUT2D eigenvalue weighted by Crippen LogP contribution is -2.33. The smallest absolute Gasteiger partial charge is 0.242 e. The Morgan fingerprint density at radius 1 is 1.33 bits per heavy atom. The van der Waals surface area contributed by atoms with E-state index in [1.807, 2.05) is 33.0 Å². The maximum Gasteiger partial charge on any atom is 0.242 e. The molecule has 0 saturated heterocycles. The summed E-state index contributed by atoms with van der Waals surface area (Å²) in [6.45, 7) is 4.32. The molecular weight excluding hydrogens is 309 g/mol. The fourth-order valence-corrected chi connectivity index (χ4v) is 2.62. The van der Waals surface area contributed by atoms with Crippen LogP contribution in [0.15, 0.2) is 24.4 Å². The van der Waals surface area contributed by atoms with Crippen LogP contribution in [0.2, 0.25) is 5.02 Å². The fourth-order valence-electron chi connectivity index (χ4n) is 2.25. The standard InChI is InChI=1S/C15H17Cl2N3O/c1-10-6-12(17)4-5-13(10)20(15(21)7-16)9-14-11(2)8-18-19(14)3/h4-6,8H,7,9H2,1-3H3. The van der Waals surface area contributed by atoms with Gasteiger partial charge in [-0.15, -0.1) is 11.6 Å². The summed E-state index contributed by atoms with van der Waals surface area (Å²) in [6, 6.07) is 5.45. The van der Waals surface area contributed by atoms with Crippen LogP contribution in [0, 0.1) is 13.8 Å². The third kappa shape index (κ3) is 3.39. The molecule has 0 aliphatic heterocycles. The molecule has 4 nitrogen and oxygen atoms in total. The van der Waals surface area contributed by atoms with Gasteiger partial charge < -0.3 is 4.90 Å². The van der Waals surface area contributed by atoms with Gasteiger partial charge in [0.05, 0.1) is 18.4 Å². The van der Waals surface area contributed by atoms with E-state index in [1.165, 1.54) is 0 Å². The van der Waals surface area contributed by atoms with Gasteiger partial charge in [0, 0.05) is 17.8 Å². The van der Waals surface area contributed by atoms with Crippen LogP contribution in [-0.2, 0) is 18.4 Å². The second-order valence-corrected chi connectivity index (χ2v) is 5.65. The molecule has 2 aromatic rings. The quantitative estimate of drug-likeness (QED) is 0.807. The van der Waals surface area contributed by atoms with Crippen molar-refractivity contribution in [3.05, 3.63) is 46.2 Å². The third-order valence-corrected chi connectivity index (χ3v) is 3.91. The number of rotatable bonds is 4. The molecule has 1 aromatic carbocycles. The molecule has 112 valence electrons. The van der Waals surface area contributed by atoms with E-state index in [1.54, 1.807) is 21.8 Å². The van der Waals surface area contributed by atoms with Gasteiger partial charge in [0.15, 0.2) is 0 Å². The van der Waals surface area contributed by atoms with Crippen molar-refractivity contribution in [2.24, 2.45) is 7.05 Å². The zero-order valence-electron chi connectivity index (χ0n) is 12.2. The normalized spacial score (nSPS) is 10.7. The number of benzene rings is 1. The van der Waals surface area contributed by atoms with E-state index in [0.29, 0.717) is 11.6 Å².